The van der Waals surface area contributed by atoms with Crippen LogP contribution in [0, 0.1) is 11.3 Å². The molecular formula is C19H17ClN2O4. The molecule has 1 N–H and O–H groups in total. The average molecular weight is 373 g/mol. The molecular weight excluding hydrogens is 356 g/mol. The van der Waals surface area contributed by atoms with Gasteiger partial charge >= 0.3 is 0 Å². The fourth-order valence-corrected chi connectivity index (χ4v) is 2.77. The van der Waals surface area contributed by atoms with Gasteiger partial charge in [0.15, 0.2) is 18.1 Å². The van der Waals surface area contributed by atoms with Crippen molar-refractivity contribution in [1.29, 1.82) is 5.26 Å². The maximum atomic E-state index is 11.9. The molecule has 1 amide bonds. The predicted octanol–water partition coefficient (Wildman–Crippen LogP) is 2.72. The van der Waals surface area contributed by atoms with Gasteiger partial charge in [0.05, 0.1) is 16.7 Å². The van der Waals surface area contributed by atoms with Crippen molar-refractivity contribution in [3.8, 4) is 23.3 Å². The van der Waals surface area contributed by atoms with Gasteiger partial charge in [-0.05, 0) is 48.4 Å². The van der Waals surface area contributed by atoms with E-state index < -0.39 is 0 Å². The number of carbonyl (C=O) groups is 1. The van der Waals surface area contributed by atoms with Gasteiger partial charge in [0, 0.05) is 6.54 Å². The summed E-state index contributed by atoms with van der Waals surface area (Å²) >= 11 is 6.20. The van der Waals surface area contributed by atoms with Gasteiger partial charge in [-0.3, -0.25) is 4.79 Å². The van der Waals surface area contributed by atoms with Gasteiger partial charge in [-0.15, -0.1) is 0 Å². The van der Waals surface area contributed by atoms with Crippen LogP contribution in [-0.4, -0.2) is 32.3 Å². The zero-order valence-corrected chi connectivity index (χ0v) is 14.7. The third-order valence-electron chi connectivity index (χ3n) is 3.75. The number of hydrogen-bond donors (Lipinski definition) is 1. The lowest BCUT2D eigenvalue weighted by Gasteiger charge is -2.20. The Bertz CT molecular complexity index is 831. The molecule has 1 aliphatic heterocycles. The summed E-state index contributed by atoms with van der Waals surface area (Å²) < 4.78 is 16.4. The fourth-order valence-electron chi connectivity index (χ4n) is 2.48. The molecule has 2 aromatic rings. The van der Waals surface area contributed by atoms with E-state index in [9.17, 15) is 4.79 Å². The van der Waals surface area contributed by atoms with Gasteiger partial charge in [0.25, 0.3) is 5.91 Å². The molecule has 0 spiro atoms. The molecule has 0 saturated heterocycles. The molecule has 6 nitrogen and oxygen atoms in total. The molecule has 0 unspecified atom stereocenters. The number of benzene rings is 2. The number of rotatable bonds is 6. The quantitative estimate of drug-likeness (QED) is 0.843. The molecule has 0 fully saturated rings. The molecule has 3 rings (SSSR count). The second-order valence-electron chi connectivity index (χ2n) is 5.63. The van der Waals surface area contributed by atoms with E-state index in [1.54, 1.807) is 24.3 Å². The molecule has 7 heteroatoms. The summed E-state index contributed by atoms with van der Waals surface area (Å²) in [6.07, 6.45) is 0.610. The van der Waals surface area contributed by atoms with Crippen LogP contribution in [0.1, 0.15) is 11.1 Å². The Kier molecular flexibility index (Phi) is 5.82. The lowest BCUT2D eigenvalue weighted by Crippen LogP contribution is -2.30. The Labute approximate surface area is 156 Å². The van der Waals surface area contributed by atoms with Gasteiger partial charge in [-0.25, -0.2) is 0 Å². The zero-order valence-electron chi connectivity index (χ0n) is 14.0. The first-order chi connectivity index (χ1) is 12.7. The Balaban J connectivity index is 1.45. The normalized spacial score (nSPS) is 12.2. The highest BCUT2D eigenvalue weighted by Gasteiger charge is 2.16. The summed E-state index contributed by atoms with van der Waals surface area (Å²) in [6.45, 7) is 1.34. The van der Waals surface area contributed by atoms with Crippen LogP contribution in [0.5, 0.6) is 17.2 Å². The third kappa shape index (κ3) is 4.58. The number of nitrogens with one attached hydrogen (secondary N) is 1. The Hall–Kier alpha value is -2.91. The van der Waals surface area contributed by atoms with Crippen LogP contribution in [-0.2, 0) is 11.2 Å². The highest BCUT2D eigenvalue weighted by molar-refractivity contribution is 6.32. The average Bonchev–Trinajstić information content (AvgIpc) is 2.67. The SMILES string of the molecule is N#Cc1ccc(OCC(=O)NCCc2cc(Cl)c3c(c2)OCCO3)cc1. The number of carbonyl (C=O) groups excluding carboxylic acids is 1. The molecule has 1 aliphatic rings. The molecule has 0 bridgehead atoms. The van der Waals surface area contributed by atoms with Gasteiger partial charge in [-0.1, -0.05) is 11.6 Å². The maximum Gasteiger partial charge on any atom is 0.257 e. The van der Waals surface area contributed by atoms with Gasteiger partial charge in [0.2, 0.25) is 0 Å². The molecule has 2 aromatic carbocycles. The Morgan fingerprint density at radius 1 is 1.23 bits per heavy atom. The summed E-state index contributed by atoms with van der Waals surface area (Å²) in [4.78, 5) is 11.9. The summed E-state index contributed by atoms with van der Waals surface area (Å²) in [5.41, 5.74) is 1.49. The number of hydrogen-bond acceptors (Lipinski definition) is 5. The molecule has 26 heavy (non-hydrogen) atoms. The molecule has 0 atom stereocenters. The van der Waals surface area contributed by atoms with Crippen molar-refractivity contribution in [3.63, 3.8) is 0 Å². The van der Waals surface area contributed by atoms with Gasteiger partial charge < -0.3 is 19.5 Å². The van der Waals surface area contributed by atoms with E-state index >= 15 is 0 Å². The molecule has 1 heterocycles. The number of amides is 1. The van der Waals surface area contributed by atoms with Crippen LogP contribution in [0.4, 0.5) is 0 Å². The minimum Gasteiger partial charge on any atom is -0.486 e. The largest absolute Gasteiger partial charge is 0.486 e. The van der Waals surface area contributed by atoms with E-state index in [0.717, 1.165) is 5.56 Å². The fraction of sp³-hybridized carbons (Fsp3) is 0.263. The second kappa shape index (κ2) is 8.45. The highest BCUT2D eigenvalue weighted by Crippen LogP contribution is 2.38. The summed E-state index contributed by atoms with van der Waals surface area (Å²) in [7, 11) is 0. The lowest BCUT2D eigenvalue weighted by atomic mass is 10.1. The number of ether oxygens (including phenoxy) is 3. The lowest BCUT2D eigenvalue weighted by molar-refractivity contribution is -0.123. The van der Waals surface area contributed by atoms with E-state index in [4.69, 9.17) is 31.1 Å². The van der Waals surface area contributed by atoms with Crippen LogP contribution >= 0.6 is 11.6 Å². The summed E-state index contributed by atoms with van der Waals surface area (Å²) in [5.74, 6) is 1.52. The second-order valence-corrected chi connectivity index (χ2v) is 6.03. The van der Waals surface area contributed by atoms with Crippen molar-refractivity contribution < 1.29 is 19.0 Å². The van der Waals surface area contributed by atoms with E-state index in [2.05, 4.69) is 5.32 Å². The molecule has 0 aromatic heterocycles. The van der Waals surface area contributed by atoms with Crippen LogP contribution in [0.15, 0.2) is 36.4 Å². The standard InChI is InChI=1S/C19H17ClN2O4/c20-16-9-14(10-17-19(16)25-8-7-24-17)5-6-22-18(23)12-26-15-3-1-13(11-21)2-4-15/h1-4,9-10H,5-8,12H2,(H,22,23). The molecule has 134 valence electrons. The van der Waals surface area contributed by atoms with E-state index in [0.29, 0.717) is 54.0 Å². The molecule has 0 aliphatic carbocycles. The third-order valence-corrected chi connectivity index (χ3v) is 4.03. The topological polar surface area (TPSA) is 80.6 Å². The van der Waals surface area contributed by atoms with Crippen LogP contribution < -0.4 is 19.5 Å². The Morgan fingerprint density at radius 2 is 2.00 bits per heavy atom. The van der Waals surface area contributed by atoms with E-state index in [1.165, 1.54) is 0 Å². The monoisotopic (exact) mass is 372 g/mol. The van der Waals surface area contributed by atoms with Crippen molar-refractivity contribution in [1.82, 2.24) is 5.32 Å². The first kappa shape index (κ1) is 17.9. The van der Waals surface area contributed by atoms with Crippen molar-refractivity contribution in [3.05, 3.63) is 52.5 Å². The van der Waals surface area contributed by atoms with E-state index in [1.807, 2.05) is 18.2 Å². The van der Waals surface area contributed by atoms with E-state index in [-0.39, 0.29) is 12.5 Å². The highest BCUT2D eigenvalue weighted by atomic mass is 35.5. The Morgan fingerprint density at radius 3 is 2.77 bits per heavy atom. The van der Waals surface area contributed by atoms with Crippen LogP contribution in [0.3, 0.4) is 0 Å². The minimum atomic E-state index is -0.224. The number of halogens is 1. The van der Waals surface area contributed by atoms with Crippen molar-refractivity contribution in [2.24, 2.45) is 0 Å². The maximum absolute atomic E-state index is 11.9. The van der Waals surface area contributed by atoms with Gasteiger partial charge in [0.1, 0.15) is 19.0 Å². The smallest absolute Gasteiger partial charge is 0.257 e. The van der Waals surface area contributed by atoms with Crippen molar-refractivity contribution in [2.45, 2.75) is 6.42 Å². The number of nitriles is 1. The summed E-state index contributed by atoms with van der Waals surface area (Å²) in [6, 6.07) is 12.3. The number of nitrogens with zero attached hydrogens (tertiary/aromatic N) is 1. The first-order valence-electron chi connectivity index (χ1n) is 8.13. The van der Waals surface area contributed by atoms with Crippen LogP contribution in [0.2, 0.25) is 5.02 Å². The first-order valence-corrected chi connectivity index (χ1v) is 8.51. The molecule has 0 radical (unpaired) electrons. The van der Waals surface area contributed by atoms with Gasteiger partial charge in [-0.2, -0.15) is 5.26 Å². The molecule has 0 saturated carbocycles. The van der Waals surface area contributed by atoms with Crippen LogP contribution in [0.25, 0.3) is 0 Å². The predicted molar refractivity (Wildman–Crippen MR) is 95.8 cm³/mol. The zero-order chi connectivity index (χ0) is 18.4. The summed E-state index contributed by atoms with van der Waals surface area (Å²) in [5, 5.41) is 12.0. The minimum absolute atomic E-state index is 0.0895. The van der Waals surface area contributed by atoms with Crippen molar-refractivity contribution in [2.75, 3.05) is 26.4 Å². The number of fused-ring (bicyclic) bond motifs is 1. The van der Waals surface area contributed by atoms with Crippen molar-refractivity contribution >= 4 is 17.5 Å².